The Kier molecular flexibility index (Phi) is 3.11. The van der Waals surface area contributed by atoms with E-state index in [1.54, 1.807) is 0 Å². The van der Waals surface area contributed by atoms with Crippen molar-refractivity contribution in [3.63, 3.8) is 0 Å². The molecule has 5 aromatic rings. The van der Waals surface area contributed by atoms with Gasteiger partial charge >= 0.3 is 6.85 Å². The number of rotatable bonds is 0. The third kappa shape index (κ3) is 1.97. The van der Waals surface area contributed by atoms with Gasteiger partial charge in [0.05, 0.1) is 5.69 Å². The van der Waals surface area contributed by atoms with Crippen LogP contribution in [0.2, 0.25) is 0 Å². The number of nitrogens with zero attached hydrogens (tertiary/aromatic N) is 2. The average Bonchev–Trinajstić information content (AvgIpc) is 2.83. The number of anilines is 2. The molecule has 0 amide bonds. The van der Waals surface area contributed by atoms with Crippen molar-refractivity contribution in [1.82, 2.24) is 4.98 Å². The summed E-state index contributed by atoms with van der Waals surface area (Å²) in [6.45, 7) is 0.132. The predicted molar refractivity (Wildman–Crippen MR) is 126 cm³/mol. The Hall–Kier alpha value is -3.85. The van der Waals surface area contributed by atoms with Crippen LogP contribution in [-0.2, 0) is 0 Å². The van der Waals surface area contributed by atoms with Crippen molar-refractivity contribution in [2.45, 2.75) is 0 Å². The van der Waals surface area contributed by atoms with Crippen LogP contribution in [0, 0.1) is 0 Å². The molecule has 0 unspecified atom stereocenters. The monoisotopic (exact) mass is 380 g/mol. The molecule has 0 saturated carbocycles. The molecule has 2 aliphatic heterocycles. The minimum absolute atomic E-state index is 0.132. The fourth-order valence-electron chi connectivity index (χ4n) is 5.33. The number of pyridine rings is 1. The third-order valence-electron chi connectivity index (χ3n) is 6.55. The van der Waals surface area contributed by atoms with Crippen molar-refractivity contribution in [3.05, 3.63) is 103 Å². The molecular formula is C27H17BN2. The van der Waals surface area contributed by atoms with Crippen molar-refractivity contribution in [3.8, 4) is 22.3 Å². The second kappa shape index (κ2) is 5.83. The lowest BCUT2D eigenvalue weighted by molar-refractivity contribution is 1.27. The van der Waals surface area contributed by atoms with Gasteiger partial charge in [-0.3, -0.25) is 4.98 Å². The molecule has 3 heterocycles. The topological polar surface area (TPSA) is 16.1 Å². The van der Waals surface area contributed by atoms with Gasteiger partial charge in [-0.15, -0.1) is 0 Å². The largest absolute Gasteiger partial charge is 0.374 e. The van der Waals surface area contributed by atoms with Crippen molar-refractivity contribution in [2.75, 3.05) is 4.81 Å². The third-order valence-corrected chi connectivity index (χ3v) is 6.55. The molecule has 30 heavy (non-hydrogen) atoms. The van der Waals surface area contributed by atoms with E-state index < -0.39 is 0 Å². The molecule has 4 aromatic carbocycles. The van der Waals surface area contributed by atoms with E-state index in [0.717, 1.165) is 0 Å². The summed E-state index contributed by atoms with van der Waals surface area (Å²) in [6, 6.07) is 33.0. The summed E-state index contributed by atoms with van der Waals surface area (Å²) in [6.07, 6.45) is 3.93. The first-order chi connectivity index (χ1) is 14.9. The maximum absolute atomic E-state index is 4.53. The number of hydrogen-bond donors (Lipinski definition) is 0. The van der Waals surface area contributed by atoms with E-state index in [2.05, 4.69) is 101 Å². The summed E-state index contributed by atoms with van der Waals surface area (Å²) in [5, 5.41) is 2.54. The Balaban J connectivity index is 1.69. The van der Waals surface area contributed by atoms with Gasteiger partial charge in [0, 0.05) is 34.6 Å². The molecule has 0 aliphatic carbocycles. The number of fused-ring (bicyclic) bond motifs is 13. The highest BCUT2D eigenvalue weighted by molar-refractivity contribution is 6.92. The number of aromatic nitrogens is 1. The first kappa shape index (κ1) is 16.0. The van der Waals surface area contributed by atoms with E-state index in [0.29, 0.717) is 0 Å². The van der Waals surface area contributed by atoms with Crippen LogP contribution < -0.4 is 15.7 Å². The molecule has 138 valence electrons. The van der Waals surface area contributed by atoms with Crippen LogP contribution in [0.5, 0.6) is 0 Å². The van der Waals surface area contributed by atoms with E-state index in [1.165, 1.54) is 55.3 Å². The minimum Gasteiger partial charge on any atom is -0.374 e. The van der Waals surface area contributed by atoms with Crippen molar-refractivity contribution < 1.29 is 0 Å². The van der Waals surface area contributed by atoms with Crippen LogP contribution in [0.1, 0.15) is 0 Å². The SMILES string of the molecule is c1ccc2c(c1)B1c3ccccc3-c3ccc4ccccc4c3N1c1cnccc1-2. The zero-order valence-corrected chi connectivity index (χ0v) is 16.3. The summed E-state index contributed by atoms with van der Waals surface area (Å²) in [5.41, 5.74) is 10.3. The zero-order chi connectivity index (χ0) is 19.7. The van der Waals surface area contributed by atoms with Gasteiger partial charge in [0.25, 0.3) is 0 Å². The summed E-state index contributed by atoms with van der Waals surface area (Å²) in [5.74, 6) is 0. The molecule has 3 heteroatoms. The van der Waals surface area contributed by atoms with Gasteiger partial charge in [0.1, 0.15) is 0 Å². The molecule has 0 atom stereocenters. The van der Waals surface area contributed by atoms with E-state index in [1.807, 2.05) is 12.4 Å². The van der Waals surface area contributed by atoms with Crippen LogP contribution in [0.25, 0.3) is 33.0 Å². The van der Waals surface area contributed by atoms with Crippen LogP contribution in [0.3, 0.4) is 0 Å². The van der Waals surface area contributed by atoms with Gasteiger partial charge in [-0.2, -0.15) is 0 Å². The highest BCUT2D eigenvalue weighted by Crippen LogP contribution is 2.48. The van der Waals surface area contributed by atoms with Gasteiger partial charge in [0.2, 0.25) is 0 Å². The summed E-state index contributed by atoms with van der Waals surface area (Å²) < 4.78 is 0. The first-order valence-corrected chi connectivity index (χ1v) is 10.4. The van der Waals surface area contributed by atoms with E-state index in [4.69, 9.17) is 0 Å². The molecule has 2 aliphatic rings. The summed E-state index contributed by atoms with van der Waals surface area (Å²) in [7, 11) is 0. The molecule has 0 saturated heterocycles. The standard InChI is InChI=1S/C27H17BN2/c1-2-8-19-18(7-1)13-14-23-21-10-4-6-12-25(21)28-24-11-5-3-9-20(24)22-15-16-29-17-26(22)30(28)27(19)23/h1-17H. The molecule has 0 spiro atoms. The highest BCUT2D eigenvalue weighted by Gasteiger charge is 2.42. The molecule has 0 bridgehead atoms. The maximum atomic E-state index is 4.53. The normalized spacial score (nSPS) is 13.2. The van der Waals surface area contributed by atoms with Crippen molar-refractivity contribution in [1.29, 1.82) is 0 Å². The second-order valence-electron chi connectivity index (χ2n) is 8.02. The van der Waals surface area contributed by atoms with Crippen molar-refractivity contribution >= 4 is 39.9 Å². The quantitative estimate of drug-likeness (QED) is 0.346. The van der Waals surface area contributed by atoms with Gasteiger partial charge in [-0.25, -0.2) is 0 Å². The summed E-state index contributed by atoms with van der Waals surface area (Å²) in [4.78, 5) is 7.05. The van der Waals surface area contributed by atoms with Gasteiger partial charge in [0.15, 0.2) is 0 Å². The van der Waals surface area contributed by atoms with Crippen molar-refractivity contribution in [2.24, 2.45) is 0 Å². The van der Waals surface area contributed by atoms with Crippen LogP contribution in [0.4, 0.5) is 11.4 Å². The van der Waals surface area contributed by atoms with Gasteiger partial charge in [-0.05, 0) is 33.5 Å². The molecule has 0 fully saturated rings. The van der Waals surface area contributed by atoms with Crippen LogP contribution in [0.15, 0.2) is 103 Å². The van der Waals surface area contributed by atoms with Crippen LogP contribution >= 0.6 is 0 Å². The van der Waals surface area contributed by atoms with E-state index in [9.17, 15) is 0 Å². The second-order valence-corrected chi connectivity index (χ2v) is 8.02. The molecule has 2 nitrogen and oxygen atoms in total. The molecule has 7 rings (SSSR count). The fraction of sp³-hybridized carbons (Fsp3) is 0. The Morgan fingerprint density at radius 2 is 1.30 bits per heavy atom. The lowest BCUT2D eigenvalue weighted by atomic mass is 9.43. The van der Waals surface area contributed by atoms with E-state index in [-0.39, 0.29) is 6.85 Å². The Bertz CT molecular complexity index is 1470. The minimum atomic E-state index is 0.132. The number of hydrogen-bond acceptors (Lipinski definition) is 2. The molecular weight excluding hydrogens is 363 g/mol. The predicted octanol–water partition coefficient (Wildman–Crippen LogP) is 5.14. The van der Waals surface area contributed by atoms with E-state index >= 15 is 0 Å². The lowest BCUT2D eigenvalue weighted by Crippen LogP contribution is -2.59. The number of benzene rings is 4. The van der Waals surface area contributed by atoms with Gasteiger partial charge in [-0.1, -0.05) is 84.9 Å². The lowest BCUT2D eigenvalue weighted by Gasteiger charge is -2.43. The van der Waals surface area contributed by atoms with Gasteiger partial charge < -0.3 is 4.81 Å². The Morgan fingerprint density at radius 1 is 0.600 bits per heavy atom. The molecule has 0 N–H and O–H groups in total. The van der Waals surface area contributed by atoms with Crippen LogP contribution in [-0.4, -0.2) is 11.8 Å². The first-order valence-electron chi connectivity index (χ1n) is 10.4. The fourth-order valence-corrected chi connectivity index (χ4v) is 5.33. The Labute approximate surface area is 175 Å². The Morgan fingerprint density at radius 3 is 2.13 bits per heavy atom. The zero-order valence-electron chi connectivity index (χ0n) is 16.3. The smallest absolute Gasteiger partial charge is 0.329 e. The molecule has 1 aromatic heterocycles. The molecule has 0 radical (unpaired) electrons. The maximum Gasteiger partial charge on any atom is 0.329 e. The summed E-state index contributed by atoms with van der Waals surface area (Å²) >= 11 is 0. The average molecular weight is 380 g/mol. The highest BCUT2D eigenvalue weighted by atomic mass is 15.1.